The molecule has 0 aliphatic heterocycles. The van der Waals surface area contributed by atoms with Crippen LogP contribution >= 0.6 is 23.2 Å². The Morgan fingerprint density at radius 1 is 1.42 bits per heavy atom. The second-order valence-corrected chi connectivity index (χ2v) is 4.71. The summed E-state index contributed by atoms with van der Waals surface area (Å²) in [5.74, 6) is -0.729. The lowest BCUT2D eigenvalue weighted by Gasteiger charge is -2.08. The summed E-state index contributed by atoms with van der Waals surface area (Å²) < 4.78 is 6.88. The third-order valence-corrected chi connectivity index (χ3v) is 3.03. The van der Waals surface area contributed by atoms with Crippen LogP contribution in [-0.2, 0) is 7.05 Å². The van der Waals surface area contributed by atoms with E-state index in [9.17, 15) is 4.79 Å². The third kappa shape index (κ3) is 2.67. The summed E-state index contributed by atoms with van der Waals surface area (Å²) in [6.07, 6.45) is 0. The standard InChI is InChI=1S/C12H10Cl2N2O3/c1-6-10(12(17)18)11(16(2)15-6)19-9-5-7(13)3-4-8(9)14/h3-5H,1-2H3,(H,17,18). The highest BCUT2D eigenvalue weighted by Crippen LogP contribution is 2.34. The molecule has 1 N–H and O–H groups in total. The normalized spacial score (nSPS) is 10.5. The molecule has 0 saturated heterocycles. The zero-order chi connectivity index (χ0) is 14.2. The quantitative estimate of drug-likeness (QED) is 0.942. The maximum atomic E-state index is 11.2. The Bertz CT molecular complexity index is 653. The van der Waals surface area contributed by atoms with Crippen LogP contribution in [0, 0.1) is 6.92 Å². The first-order valence-corrected chi connectivity index (χ1v) is 6.05. The first kappa shape index (κ1) is 13.7. The van der Waals surface area contributed by atoms with Gasteiger partial charge in [-0.05, 0) is 19.1 Å². The van der Waals surface area contributed by atoms with E-state index in [1.54, 1.807) is 26.1 Å². The van der Waals surface area contributed by atoms with Crippen molar-refractivity contribution in [3.8, 4) is 11.6 Å². The van der Waals surface area contributed by atoms with Crippen molar-refractivity contribution < 1.29 is 14.6 Å². The van der Waals surface area contributed by atoms with Crippen LogP contribution in [0.15, 0.2) is 18.2 Å². The molecule has 1 heterocycles. The fourth-order valence-corrected chi connectivity index (χ4v) is 1.98. The van der Waals surface area contributed by atoms with Gasteiger partial charge in [0, 0.05) is 18.1 Å². The van der Waals surface area contributed by atoms with Gasteiger partial charge in [0.2, 0.25) is 5.88 Å². The van der Waals surface area contributed by atoms with Gasteiger partial charge in [-0.2, -0.15) is 5.10 Å². The molecular weight excluding hydrogens is 291 g/mol. The number of hydrogen-bond acceptors (Lipinski definition) is 3. The van der Waals surface area contributed by atoms with Crippen molar-refractivity contribution >= 4 is 29.2 Å². The van der Waals surface area contributed by atoms with Crippen molar-refractivity contribution in [2.45, 2.75) is 6.92 Å². The molecule has 0 spiro atoms. The number of aromatic nitrogens is 2. The lowest BCUT2D eigenvalue weighted by atomic mass is 10.2. The van der Waals surface area contributed by atoms with Gasteiger partial charge >= 0.3 is 5.97 Å². The number of benzene rings is 1. The van der Waals surface area contributed by atoms with Gasteiger partial charge in [-0.1, -0.05) is 23.2 Å². The van der Waals surface area contributed by atoms with E-state index >= 15 is 0 Å². The van der Waals surface area contributed by atoms with Gasteiger partial charge in [-0.3, -0.25) is 0 Å². The van der Waals surface area contributed by atoms with Crippen LogP contribution in [0.1, 0.15) is 16.1 Å². The van der Waals surface area contributed by atoms with E-state index in [1.165, 1.54) is 10.7 Å². The van der Waals surface area contributed by atoms with Gasteiger partial charge in [0.1, 0.15) is 11.3 Å². The van der Waals surface area contributed by atoms with Crippen LogP contribution in [0.25, 0.3) is 0 Å². The predicted octanol–water partition coefficient (Wildman–Crippen LogP) is 3.53. The second kappa shape index (κ2) is 5.11. The molecule has 1 aromatic heterocycles. The Kier molecular flexibility index (Phi) is 3.68. The van der Waals surface area contributed by atoms with Gasteiger partial charge in [-0.15, -0.1) is 0 Å². The zero-order valence-corrected chi connectivity index (χ0v) is 11.7. The van der Waals surface area contributed by atoms with E-state index in [2.05, 4.69) is 5.10 Å². The molecule has 0 aliphatic carbocycles. The Morgan fingerprint density at radius 3 is 2.74 bits per heavy atom. The van der Waals surface area contributed by atoms with Crippen molar-refractivity contribution in [3.05, 3.63) is 39.5 Å². The third-order valence-electron chi connectivity index (χ3n) is 2.48. The molecule has 0 fully saturated rings. The van der Waals surface area contributed by atoms with Crippen molar-refractivity contribution in [1.82, 2.24) is 9.78 Å². The molecule has 1 aromatic carbocycles. The molecule has 0 saturated carbocycles. The number of hydrogen-bond donors (Lipinski definition) is 1. The van der Waals surface area contributed by atoms with Crippen LogP contribution in [-0.4, -0.2) is 20.9 Å². The smallest absolute Gasteiger partial charge is 0.343 e. The summed E-state index contributed by atoms with van der Waals surface area (Å²) in [4.78, 5) is 11.2. The predicted molar refractivity (Wildman–Crippen MR) is 71.4 cm³/mol. The summed E-state index contributed by atoms with van der Waals surface area (Å²) in [5.41, 5.74) is 0.363. The van der Waals surface area contributed by atoms with Crippen molar-refractivity contribution in [2.75, 3.05) is 0 Å². The topological polar surface area (TPSA) is 64.4 Å². The molecule has 5 nitrogen and oxygen atoms in total. The Balaban J connectivity index is 2.49. The summed E-state index contributed by atoms with van der Waals surface area (Å²) in [7, 11) is 1.59. The van der Waals surface area contributed by atoms with Gasteiger partial charge in [-0.25, -0.2) is 9.48 Å². The number of carboxylic acid groups (broad SMARTS) is 1. The van der Waals surface area contributed by atoms with Gasteiger partial charge < -0.3 is 9.84 Å². The van der Waals surface area contributed by atoms with Crippen molar-refractivity contribution in [2.24, 2.45) is 7.05 Å². The maximum absolute atomic E-state index is 11.2. The second-order valence-electron chi connectivity index (χ2n) is 3.87. The van der Waals surface area contributed by atoms with Crippen LogP contribution in [0.5, 0.6) is 11.6 Å². The maximum Gasteiger partial charge on any atom is 0.343 e. The molecule has 2 rings (SSSR count). The number of ether oxygens (including phenoxy) is 1. The number of rotatable bonds is 3. The SMILES string of the molecule is Cc1nn(C)c(Oc2cc(Cl)ccc2Cl)c1C(=O)O. The lowest BCUT2D eigenvalue weighted by molar-refractivity contribution is 0.0693. The summed E-state index contributed by atoms with van der Waals surface area (Å²) in [5, 5.41) is 14.0. The van der Waals surface area contributed by atoms with Gasteiger partial charge in [0.05, 0.1) is 10.7 Å². The van der Waals surface area contributed by atoms with Crippen LogP contribution in [0.4, 0.5) is 0 Å². The van der Waals surface area contributed by atoms with Crippen LogP contribution < -0.4 is 4.74 Å². The average molecular weight is 301 g/mol. The fraction of sp³-hybridized carbons (Fsp3) is 0.167. The minimum Gasteiger partial charge on any atom is -0.477 e. The number of halogens is 2. The molecule has 0 bridgehead atoms. The monoisotopic (exact) mass is 300 g/mol. The molecule has 2 aromatic rings. The van der Waals surface area contributed by atoms with E-state index in [1.807, 2.05) is 0 Å². The Morgan fingerprint density at radius 2 is 2.11 bits per heavy atom. The Labute approximate surface area is 119 Å². The van der Waals surface area contributed by atoms with E-state index in [0.29, 0.717) is 15.7 Å². The summed E-state index contributed by atoms with van der Waals surface area (Å²) >= 11 is 11.8. The zero-order valence-electron chi connectivity index (χ0n) is 10.1. The Hall–Kier alpha value is -1.72. The minimum atomic E-state index is -1.11. The molecule has 0 atom stereocenters. The van der Waals surface area contributed by atoms with E-state index < -0.39 is 5.97 Å². The molecule has 0 amide bonds. The van der Waals surface area contributed by atoms with E-state index in [-0.39, 0.29) is 17.2 Å². The van der Waals surface area contributed by atoms with Crippen LogP contribution in [0.3, 0.4) is 0 Å². The van der Waals surface area contributed by atoms with E-state index in [0.717, 1.165) is 0 Å². The van der Waals surface area contributed by atoms with Crippen molar-refractivity contribution in [3.63, 3.8) is 0 Å². The lowest BCUT2D eigenvalue weighted by Crippen LogP contribution is -2.02. The molecule has 7 heteroatoms. The fourth-order valence-electron chi connectivity index (χ4n) is 1.66. The molecule has 0 aliphatic rings. The van der Waals surface area contributed by atoms with Gasteiger partial charge in [0.15, 0.2) is 0 Å². The highest BCUT2D eigenvalue weighted by molar-refractivity contribution is 6.34. The van der Waals surface area contributed by atoms with Crippen LogP contribution in [0.2, 0.25) is 10.0 Å². The number of carboxylic acids is 1. The number of nitrogens with zero attached hydrogens (tertiary/aromatic N) is 2. The first-order chi connectivity index (χ1) is 8.90. The molecule has 0 unspecified atom stereocenters. The number of aromatic carboxylic acids is 1. The summed E-state index contributed by atoms with van der Waals surface area (Å²) in [6.45, 7) is 1.59. The van der Waals surface area contributed by atoms with E-state index in [4.69, 9.17) is 33.0 Å². The first-order valence-electron chi connectivity index (χ1n) is 5.30. The number of carbonyl (C=O) groups is 1. The highest BCUT2D eigenvalue weighted by atomic mass is 35.5. The highest BCUT2D eigenvalue weighted by Gasteiger charge is 2.22. The largest absolute Gasteiger partial charge is 0.477 e. The average Bonchev–Trinajstić information content (AvgIpc) is 2.59. The molecule has 19 heavy (non-hydrogen) atoms. The van der Waals surface area contributed by atoms with Gasteiger partial charge in [0.25, 0.3) is 0 Å². The number of aryl methyl sites for hydroxylation is 2. The molecular formula is C12H10Cl2N2O3. The molecule has 100 valence electrons. The summed E-state index contributed by atoms with van der Waals surface area (Å²) in [6, 6.07) is 4.70. The minimum absolute atomic E-state index is 0.00135. The van der Waals surface area contributed by atoms with Crippen molar-refractivity contribution in [1.29, 1.82) is 0 Å². The molecule has 0 radical (unpaired) electrons.